The zero-order chi connectivity index (χ0) is 17.1. The molecule has 1 nitrogen and oxygen atoms in total. The largest absolute Gasteiger partial charge is 0.289 e. The zero-order valence-corrected chi connectivity index (χ0v) is 20.4. The number of hydrogen-bond donors (Lipinski definition) is 0. The summed E-state index contributed by atoms with van der Waals surface area (Å²) in [5.41, 5.74) is 1.54. The van der Waals surface area contributed by atoms with Crippen LogP contribution in [0.5, 0.6) is 0 Å². The van der Waals surface area contributed by atoms with E-state index in [4.69, 9.17) is 0 Å². The van der Waals surface area contributed by atoms with Gasteiger partial charge in [-0.2, -0.15) is 0 Å². The number of allylic oxidation sites excluding steroid dienone is 1. The van der Waals surface area contributed by atoms with Crippen LogP contribution >= 0.6 is 91.4 Å². The Labute approximate surface area is 181 Å². The highest BCUT2D eigenvalue weighted by Gasteiger charge is 2.16. The second kappa shape index (κ2) is 8.81. The molecule has 0 saturated heterocycles. The van der Waals surface area contributed by atoms with Gasteiger partial charge in [-0.05, 0) is 122 Å². The highest BCUT2D eigenvalue weighted by atomic mass is 79.9. The quantitative estimate of drug-likeness (QED) is 0.110. The Bertz CT molecular complexity index is 755. The fourth-order valence-electron chi connectivity index (χ4n) is 1.78. The van der Waals surface area contributed by atoms with Crippen LogP contribution in [0.25, 0.3) is 6.08 Å². The first-order valence-corrected chi connectivity index (χ1v) is 11.4. The third kappa shape index (κ3) is 4.61. The van der Waals surface area contributed by atoms with Gasteiger partial charge in [0.25, 0.3) is 0 Å². The monoisotopic (exact) mass is 644 g/mol. The summed E-state index contributed by atoms with van der Waals surface area (Å²) in [6.45, 7) is 0. The predicted octanol–water partition coefficient (Wildman–Crippen LogP) is 8.12. The van der Waals surface area contributed by atoms with Gasteiger partial charge in [-0.1, -0.05) is 0 Å². The zero-order valence-electron chi connectivity index (χ0n) is 11.7. The van der Waals surface area contributed by atoms with E-state index < -0.39 is 0 Å². The van der Waals surface area contributed by atoms with Crippen LogP contribution in [-0.4, -0.2) is 12.0 Å². The third-order valence-electron chi connectivity index (χ3n) is 3.02. The van der Waals surface area contributed by atoms with Crippen molar-refractivity contribution in [1.29, 1.82) is 0 Å². The number of hydrogen-bond acceptors (Lipinski definition) is 2. The summed E-state index contributed by atoms with van der Waals surface area (Å²) < 4.78 is 4.38. The molecular formula is C16H9Br5OS. The van der Waals surface area contributed by atoms with Gasteiger partial charge in [0, 0.05) is 38.4 Å². The first-order valence-electron chi connectivity index (χ1n) is 6.24. The highest BCUT2D eigenvalue weighted by molar-refractivity contribution is 9.15. The van der Waals surface area contributed by atoms with Crippen LogP contribution in [0.2, 0.25) is 0 Å². The molecule has 7 heteroatoms. The van der Waals surface area contributed by atoms with Gasteiger partial charge in [0.05, 0.1) is 0 Å². The number of thioether (sulfide) groups is 1. The summed E-state index contributed by atoms with van der Waals surface area (Å²) in [7, 11) is 0. The van der Waals surface area contributed by atoms with Crippen molar-refractivity contribution in [3.8, 4) is 0 Å². The van der Waals surface area contributed by atoms with Crippen molar-refractivity contribution in [2.24, 2.45) is 0 Å². The fourth-order valence-corrected chi connectivity index (χ4v) is 5.53. The molecule has 0 aliphatic carbocycles. The van der Waals surface area contributed by atoms with Gasteiger partial charge in [-0.15, -0.1) is 11.8 Å². The van der Waals surface area contributed by atoms with E-state index in [1.54, 1.807) is 23.9 Å². The number of benzene rings is 2. The van der Waals surface area contributed by atoms with E-state index in [0.29, 0.717) is 5.56 Å². The van der Waals surface area contributed by atoms with Crippen LogP contribution in [0.15, 0.2) is 57.6 Å². The second-order valence-electron chi connectivity index (χ2n) is 4.41. The van der Waals surface area contributed by atoms with Crippen LogP contribution in [0.1, 0.15) is 15.9 Å². The predicted molar refractivity (Wildman–Crippen MR) is 117 cm³/mol. The number of carbonyl (C=O) groups is 1. The minimum atomic E-state index is -0.0355. The summed E-state index contributed by atoms with van der Waals surface area (Å²) in [6, 6.07) is 7.58. The first-order chi connectivity index (χ1) is 10.9. The van der Waals surface area contributed by atoms with Crippen molar-refractivity contribution >= 4 is 103 Å². The smallest absolute Gasteiger partial charge is 0.185 e. The molecule has 0 aliphatic heterocycles. The SMILES string of the molecule is CSc1ccc(C(=O)C=Cc2c(Br)c(Br)c(Br)c(Br)c2Br)cc1. The van der Waals surface area contributed by atoms with E-state index in [0.717, 1.165) is 32.8 Å². The van der Waals surface area contributed by atoms with Crippen molar-refractivity contribution in [3.63, 3.8) is 0 Å². The number of ketones is 1. The number of rotatable bonds is 4. The summed E-state index contributed by atoms with van der Waals surface area (Å²) in [5, 5.41) is 0. The Kier molecular flexibility index (Phi) is 7.63. The van der Waals surface area contributed by atoms with Crippen LogP contribution < -0.4 is 0 Å². The molecule has 0 bridgehead atoms. The molecule has 120 valence electrons. The van der Waals surface area contributed by atoms with Gasteiger partial charge >= 0.3 is 0 Å². The van der Waals surface area contributed by atoms with Crippen molar-refractivity contribution in [2.45, 2.75) is 4.90 Å². The summed E-state index contributed by atoms with van der Waals surface area (Å²) in [6.07, 6.45) is 5.38. The number of halogens is 5. The van der Waals surface area contributed by atoms with E-state index in [-0.39, 0.29) is 5.78 Å². The Balaban J connectivity index is 2.34. The van der Waals surface area contributed by atoms with Crippen LogP contribution in [-0.2, 0) is 0 Å². The average molecular weight is 649 g/mol. The van der Waals surface area contributed by atoms with E-state index >= 15 is 0 Å². The van der Waals surface area contributed by atoms with Crippen molar-refractivity contribution in [2.75, 3.05) is 6.26 Å². The summed E-state index contributed by atoms with van der Waals surface area (Å²) >= 11 is 19.3. The Morgan fingerprint density at radius 2 is 1.35 bits per heavy atom. The van der Waals surface area contributed by atoms with Gasteiger partial charge in [-0.3, -0.25) is 4.79 Å². The van der Waals surface area contributed by atoms with Crippen molar-refractivity contribution in [1.82, 2.24) is 0 Å². The maximum atomic E-state index is 12.3. The van der Waals surface area contributed by atoms with E-state index in [1.165, 1.54) is 0 Å². The molecule has 0 amide bonds. The molecule has 0 spiro atoms. The molecule has 0 fully saturated rings. The van der Waals surface area contributed by atoms with Crippen LogP contribution in [0.3, 0.4) is 0 Å². The molecule has 23 heavy (non-hydrogen) atoms. The van der Waals surface area contributed by atoms with Crippen LogP contribution in [0.4, 0.5) is 0 Å². The Morgan fingerprint density at radius 1 is 0.870 bits per heavy atom. The summed E-state index contributed by atoms with van der Waals surface area (Å²) in [4.78, 5) is 13.5. The van der Waals surface area contributed by atoms with Crippen molar-refractivity contribution < 1.29 is 4.79 Å². The molecule has 0 aromatic heterocycles. The molecule has 2 aromatic rings. The molecule has 0 atom stereocenters. The molecule has 0 radical (unpaired) electrons. The lowest BCUT2D eigenvalue weighted by atomic mass is 10.1. The van der Waals surface area contributed by atoms with Gasteiger partial charge in [-0.25, -0.2) is 0 Å². The van der Waals surface area contributed by atoms with Gasteiger partial charge < -0.3 is 0 Å². The molecule has 0 N–H and O–H groups in total. The molecule has 0 heterocycles. The third-order valence-corrected chi connectivity index (χ3v) is 9.92. The second-order valence-corrected chi connectivity index (χ2v) is 9.25. The lowest BCUT2D eigenvalue weighted by Gasteiger charge is -2.10. The van der Waals surface area contributed by atoms with Crippen molar-refractivity contribution in [3.05, 3.63) is 63.8 Å². The topological polar surface area (TPSA) is 17.1 Å². The Morgan fingerprint density at radius 3 is 1.83 bits per heavy atom. The molecule has 0 saturated carbocycles. The van der Waals surface area contributed by atoms with Gasteiger partial charge in [0.2, 0.25) is 0 Å². The average Bonchev–Trinajstić information content (AvgIpc) is 2.58. The van der Waals surface area contributed by atoms with Gasteiger partial charge in [0.1, 0.15) is 0 Å². The lowest BCUT2D eigenvalue weighted by Crippen LogP contribution is -1.94. The maximum absolute atomic E-state index is 12.3. The molecular weight excluding hydrogens is 640 g/mol. The standard InChI is InChI=1S/C16H9Br5OS/c1-23-9-4-2-8(3-5-9)11(22)7-6-10-12(17)14(19)16(21)15(20)13(10)18/h2-7H,1H3. The Hall–Kier alpha value is 0.600. The van der Waals surface area contributed by atoms with E-state index in [1.807, 2.05) is 30.5 Å². The van der Waals surface area contributed by atoms with E-state index in [2.05, 4.69) is 79.6 Å². The summed E-state index contributed by atoms with van der Waals surface area (Å²) in [5.74, 6) is -0.0355. The molecule has 0 unspecified atom stereocenters. The lowest BCUT2D eigenvalue weighted by molar-refractivity contribution is 0.104. The molecule has 2 aromatic carbocycles. The molecule has 0 aliphatic rings. The highest BCUT2D eigenvalue weighted by Crippen LogP contribution is 2.45. The van der Waals surface area contributed by atoms with Gasteiger partial charge in [0.15, 0.2) is 5.78 Å². The normalized spacial score (nSPS) is 11.2. The fraction of sp³-hybridized carbons (Fsp3) is 0.0625. The minimum Gasteiger partial charge on any atom is -0.289 e. The number of carbonyl (C=O) groups excluding carboxylic acids is 1. The first kappa shape index (κ1) is 19.9. The maximum Gasteiger partial charge on any atom is 0.185 e. The van der Waals surface area contributed by atoms with E-state index in [9.17, 15) is 4.79 Å². The van der Waals surface area contributed by atoms with Crippen LogP contribution in [0, 0.1) is 0 Å². The minimum absolute atomic E-state index is 0.0355. The molecule has 2 rings (SSSR count).